The lowest BCUT2D eigenvalue weighted by molar-refractivity contribution is -0.111. The second-order valence-electron chi connectivity index (χ2n) is 4.08. The van der Waals surface area contributed by atoms with Crippen LogP contribution in [0.4, 0.5) is 0 Å². The number of hydrogen-bond acceptors (Lipinski definition) is 1. The molecule has 0 saturated heterocycles. The molecule has 2 heteroatoms. The number of carbonyl (C=O) groups is 1. The maximum absolute atomic E-state index is 10.7. The van der Waals surface area contributed by atoms with E-state index in [4.69, 9.17) is 0 Å². The van der Waals surface area contributed by atoms with Crippen LogP contribution in [0.15, 0.2) is 22.7 Å². The minimum Gasteiger partial charge on any atom is -0.303 e. The van der Waals surface area contributed by atoms with Gasteiger partial charge in [0.15, 0.2) is 0 Å². The summed E-state index contributed by atoms with van der Waals surface area (Å²) in [5.41, 5.74) is 2.81. The summed E-state index contributed by atoms with van der Waals surface area (Å²) >= 11 is 3.47. The Morgan fingerprint density at radius 3 is 2.86 bits per heavy atom. The van der Waals surface area contributed by atoms with Crippen LogP contribution in [0, 0.1) is 11.8 Å². The largest absolute Gasteiger partial charge is 0.303 e. The van der Waals surface area contributed by atoms with Crippen LogP contribution in [0.2, 0.25) is 0 Å². The van der Waals surface area contributed by atoms with Gasteiger partial charge in [-0.05, 0) is 42.0 Å². The van der Waals surface area contributed by atoms with Crippen molar-refractivity contribution < 1.29 is 4.79 Å². The molecule has 0 aromatic heterocycles. The van der Waals surface area contributed by atoms with Crippen LogP contribution in [0.3, 0.4) is 0 Å². The smallest absolute Gasteiger partial charge is 0.123 e. The van der Waals surface area contributed by atoms with Gasteiger partial charge in [0.05, 0.1) is 0 Å². The van der Waals surface area contributed by atoms with Gasteiger partial charge in [-0.2, -0.15) is 0 Å². The molecule has 1 aliphatic rings. The van der Waals surface area contributed by atoms with Crippen molar-refractivity contribution in [3.8, 4) is 0 Å². The molecule has 2 unspecified atom stereocenters. The van der Waals surface area contributed by atoms with Crippen LogP contribution in [0.25, 0.3) is 0 Å². The summed E-state index contributed by atoms with van der Waals surface area (Å²) < 4.78 is 1.13. The third-order valence-corrected chi connectivity index (χ3v) is 3.58. The van der Waals surface area contributed by atoms with Crippen molar-refractivity contribution in [3.05, 3.63) is 33.8 Å². The van der Waals surface area contributed by atoms with Gasteiger partial charge < -0.3 is 4.79 Å². The summed E-state index contributed by atoms with van der Waals surface area (Å²) in [5.74, 6) is 0.693. The van der Waals surface area contributed by atoms with Gasteiger partial charge in [0.1, 0.15) is 6.29 Å². The summed E-state index contributed by atoms with van der Waals surface area (Å²) in [6.45, 7) is 2.01. The Bertz CT molecular complexity index is 359. The Kier molecular flexibility index (Phi) is 2.73. The second kappa shape index (κ2) is 3.85. The molecule has 0 spiro atoms. The number of carbonyl (C=O) groups excluding carboxylic acids is 1. The molecule has 0 radical (unpaired) electrons. The van der Waals surface area contributed by atoms with Crippen molar-refractivity contribution in [2.45, 2.75) is 19.8 Å². The monoisotopic (exact) mass is 252 g/mol. The molecule has 0 bridgehead atoms. The van der Waals surface area contributed by atoms with Gasteiger partial charge in [0.2, 0.25) is 0 Å². The van der Waals surface area contributed by atoms with Gasteiger partial charge in [0, 0.05) is 10.4 Å². The predicted octanol–water partition coefficient (Wildman–Crippen LogP) is 3.00. The first-order valence-corrected chi connectivity index (χ1v) is 5.72. The highest BCUT2D eigenvalue weighted by atomic mass is 79.9. The van der Waals surface area contributed by atoms with Crippen LogP contribution >= 0.6 is 15.9 Å². The van der Waals surface area contributed by atoms with Gasteiger partial charge >= 0.3 is 0 Å². The minimum absolute atomic E-state index is 0.182. The maximum Gasteiger partial charge on any atom is 0.123 e. The lowest BCUT2D eigenvalue weighted by Gasteiger charge is -2.10. The second-order valence-corrected chi connectivity index (χ2v) is 4.99. The minimum atomic E-state index is 0.182. The summed E-state index contributed by atoms with van der Waals surface area (Å²) in [5, 5.41) is 0. The lowest BCUT2D eigenvalue weighted by atomic mass is 9.93. The van der Waals surface area contributed by atoms with Crippen LogP contribution < -0.4 is 0 Å². The molecule has 0 fully saturated rings. The van der Waals surface area contributed by atoms with Crippen LogP contribution in [0.1, 0.15) is 18.1 Å². The van der Waals surface area contributed by atoms with Crippen molar-refractivity contribution in [2.24, 2.45) is 11.8 Å². The lowest BCUT2D eigenvalue weighted by Crippen LogP contribution is -2.12. The molecule has 1 aromatic rings. The van der Waals surface area contributed by atoms with Crippen molar-refractivity contribution in [1.29, 1.82) is 0 Å². The first-order valence-electron chi connectivity index (χ1n) is 4.93. The molecule has 0 amide bonds. The molecular weight excluding hydrogens is 240 g/mol. The summed E-state index contributed by atoms with van der Waals surface area (Å²) in [6, 6.07) is 6.41. The number of halogens is 1. The van der Waals surface area contributed by atoms with E-state index in [2.05, 4.69) is 34.1 Å². The Morgan fingerprint density at radius 2 is 2.14 bits per heavy atom. The number of benzene rings is 1. The molecule has 0 aliphatic heterocycles. The van der Waals surface area contributed by atoms with E-state index in [0.29, 0.717) is 5.92 Å². The van der Waals surface area contributed by atoms with E-state index in [9.17, 15) is 4.79 Å². The van der Waals surface area contributed by atoms with Crippen LogP contribution in [0.5, 0.6) is 0 Å². The maximum atomic E-state index is 10.7. The molecule has 1 aromatic carbocycles. The molecule has 2 rings (SSSR count). The van der Waals surface area contributed by atoms with Crippen LogP contribution in [-0.2, 0) is 17.6 Å². The average molecular weight is 253 g/mol. The van der Waals surface area contributed by atoms with E-state index < -0.39 is 0 Å². The summed E-state index contributed by atoms with van der Waals surface area (Å²) in [4.78, 5) is 10.7. The number of hydrogen-bond donors (Lipinski definition) is 0. The zero-order valence-electron chi connectivity index (χ0n) is 8.16. The van der Waals surface area contributed by atoms with Crippen molar-refractivity contribution >= 4 is 22.2 Å². The Hall–Kier alpha value is -0.630. The van der Waals surface area contributed by atoms with Gasteiger partial charge in [0.25, 0.3) is 0 Å². The van der Waals surface area contributed by atoms with E-state index in [1.807, 2.05) is 6.92 Å². The fourth-order valence-corrected chi connectivity index (χ4v) is 2.51. The molecule has 14 heavy (non-hydrogen) atoms. The van der Waals surface area contributed by atoms with E-state index >= 15 is 0 Å². The quantitative estimate of drug-likeness (QED) is 0.740. The van der Waals surface area contributed by atoms with Crippen molar-refractivity contribution in [1.82, 2.24) is 0 Å². The Labute approximate surface area is 92.6 Å². The van der Waals surface area contributed by atoms with Gasteiger partial charge in [-0.1, -0.05) is 28.9 Å². The van der Waals surface area contributed by atoms with E-state index in [-0.39, 0.29) is 5.92 Å². The summed E-state index contributed by atoms with van der Waals surface area (Å²) in [6.07, 6.45) is 3.18. The molecule has 74 valence electrons. The highest BCUT2D eigenvalue weighted by molar-refractivity contribution is 9.10. The van der Waals surface area contributed by atoms with E-state index in [0.717, 1.165) is 23.6 Å². The third-order valence-electron chi connectivity index (χ3n) is 3.09. The Morgan fingerprint density at radius 1 is 1.43 bits per heavy atom. The zero-order chi connectivity index (χ0) is 10.1. The molecule has 0 saturated carbocycles. The highest BCUT2D eigenvalue weighted by Crippen LogP contribution is 2.32. The zero-order valence-corrected chi connectivity index (χ0v) is 9.75. The van der Waals surface area contributed by atoms with Crippen LogP contribution in [-0.4, -0.2) is 6.29 Å². The number of fused-ring (bicyclic) bond motifs is 1. The molecule has 1 aliphatic carbocycles. The normalized spacial score (nSPS) is 21.7. The van der Waals surface area contributed by atoms with Crippen molar-refractivity contribution in [2.75, 3.05) is 0 Å². The first kappa shape index (κ1) is 9.91. The Balaban J connectivity index is 2.21. The highest BCUT2D eigenvalue weighted by Gasteiger charge is 2.25. The fourth-order valence-electron chi connectivity index (χ4n) is 2.10. The molecule has 1 nitrogen and oxygen atoms in total. The topological polar surface area (TPSA) is 17.1 Å². The molecule has 2 atom stereocenters. The number of aldehydes is 1. The SMILES string of the molecule is CC(C=O)C1Cc2ccc(Br)cc2C1. The standard InChI is InChI=1S/C12H13BrO/c1-8(7-14)10-4-9-2-3-12(13)6-11(9)5-10/h2-3,6-8,10H,4-5H2,1H3. The molecular formula is C12H13BrO. The van der Waals surface area contributed by atoms with Gasteiger partial charge in [-0.15, -0.1) is 0 Å². The van der Waals surface area contributed by atoms with E-state index in [1.165, 1.54) is 11.1 Å². The fraction of sp³-hybridized carbons (Fsp3) is 0.417. The van der Waals surface area contributed by atoms with E-state index in [1.54, 1.807) is 0 Å². The average Bonchev–Trinajstić information content (AvgIpc) is 2.59. The van der Waals surface area contributed by atoms with Gasteiger partial charge in [-0.3, -0.25) is 0 Å². The molecule has 0 N–H and O–H groups in total. The van der Waals surface area contributed by atoms with Gasteiger partial charge in [-0.25, -0.2) is 0 Å². The summed E-state index contributed by atoms with van der Waals surface area (Å²) in [7, 11) is 0. The predicted molar refractivity (Wildman–Crippen MR) is 60.3 cm³/mol. The first-order chi connectivity index (χ1) is 6.70. The van der Waals surface area contributed by atoms with Crippen molar-refractivity contribution in [3.63, 3.8) is 0 Å². The molecule has 0 heterocycles. The number of rotatable bonds is 2. The third kappa shape index (κ3) is 1.76.